The highest BCUT2D eigenvalue weighted by molar-refractivity contribution is 4.91. The molecule has 0 aromatic heterocycles. The fourth-order valence-electron chi connectivity index (χ4n) is 1.56. The van der Waals surface area contributed by atoms with E-state index >= 15 is 0 Å². The van der Waals surface area contributed by atoms with Gasteiger partial charge in [0, 0.05) is 6.54 Å². The third-order valence-electron chi connectivity index (χ3n) is 2.37. The van der Waals surface area contributed by atoms with Crippen molar-refractivity contribution in [3.8, 4) is 0 Å². The average Bonchev–Trinajstić information content (AvgIpc) is 2.15. The quantitative estimate of drug-likeness (QED) is 0.455. The van der Waals surface area contributed by atoms with Gasteiger partial charge in [-0.05, 0) is 39.4 Å². The van der Waals surface area contributed by atoms with Crippen molar-refractivity contribution in [3.63, 3.8) is 0 Å². The molecule has 0 aliphatic heterocycles. The molecule has 2 nitrogen and oxygen atoms in total. The Kier molecular flexibility index (Phi) is 9.00. The molecule has 2 N–H and O–H groups in total. The molecule has 0 saturated heterocycles. The molecule has 84 valence electrons. The summed E-state index contributed by atoms with van der Waals surface area (Å²) >= 11 is 0. The molecule has 0 radical (unpaired) electrons. The number of unbranched alkanes of at least 4 members (excludes halogenated alkanes) is 3. The Hall–Kier alpha value is -0.340. The fraction of sp³-hybridized carbons (Fsp3) is 0.833. The smallest absolute Gasteiger partial charge is 0.0187 e. The van der Waals surface area contributed by atoms with Crippen molar-refractivity contribution in [1.82, 2.24) is 4.90 Å². The molecule has 0 fully saturated rings. The first kappa shape index (κ1) is 13.7. The molecule has 0 aliphatic rings. The highest BCUT2D eigenvalue weighted by Gasteiger charge is 2.01. The van der Waals surface area contributed by atoms with Crippen LogP contribution in [0.5, 0.6) is 0 Å². The van der Waals surface area contributed by atoms with Crippen molar-refractivity contribution in [2.24, 2.45) is 5.73 Å². The maximum absolute atomic E-state index is 5.44. The van der Waals surface area contributed by atoms with Gasteiger partial charge in [-0.25, -0.2) is 0 Å². The number of likely N-dealkylation sites (N-methyl/N-ethyl adjacent to an activating group) is 1. The Labute approximate surface area is 89.2 Å². The fourth-order valence-corrected chi connectivity index (χ4v) is 1.56. The second-order valence-electron chi connectivity index (χ2n) is 4.03. The molecular formula is C12H26N2. The molecule has 2 heteroatoms. The highest BCUT2D eigenvalue weighted by Crippen LogP contribution is 2.02. The first-order valence-corrected chi connectivity index (χ1v) is 5.77. The zero-order chi connectivity index (χ0) is 10.8. The van der Waals surface area contributed by atoms with E-state index in [2.05, 4.69) is 25.3 Å². The van der Waals surface area contributed by atoms with Crippen LogP contribution in [0.4, 0.5) is 0 Å². The molecule has 0 spiro atoms. The average molecular weight is 198 g/mol. The van der Waals surface area contributed by atoms with Gasteiger partial charge in [-0.15, -0.1) is 0 Å². The summed E-state index contributed by atoms with van der Waals surface area (Å²) in [6.45, 7) is 12.5. The van der Waals surface area contributed by atoms with Crippen LogP contribution in [-0.4, -0.2) is 31.1 Å². The number of nitrogens with two attached hydrogens (primary N) is 1. The lowest BCUT2D eigenvalue weighted by Crippen LogP contribution is -2.26. The lowest BCUT2D eigenvalue weighted by molar-refractivity contribution is 0.303. The van der Waals surface area contributed by atoms with Gasteiger partial charge in [-0.3, -0.25) is 4.90 Å². The van der Waals surface area contributed by atoms with E-state index in [1.54, 1.807) is 0 Å². The van der Waals surface area contributed by atoms with E-state index in [1.165, 1.54) is 37.8 Å². The standard InChI is InChI=1S/C12H26N2/c1-4-14(11-12(2)3)10-8-6-5-7-9-13/h2,4-11,13H2,1,3H3. The van der Waals surface area contributed by atoms with Gasteiger partial charge in [-0.1, -0.05) is 31.9 Å². The Bertz CT molecular complexity index is 143. The molecule has 14 heavy (non-hydrogen) atoms. The van der Waals surface area contributed by atoms with E-state index in [0.717, 1.165) is 19.6 Å². The Balaban J connectivity index is 3.38. The topological polar surface area (TPSA) is 29.3 Å². The van der Waals surface area contributed by atoms with Crippen LogP contribution < -0.4 is 5.73 Å². The molecule has 0 aromatic rings. The predicted octanol–water partition coefficient (Wildman–Crippen LogP) is 2.40. The van der Waals surface area contributed by atoms with E-state index in [0.29, 0.717) is 0 Å². The largest absolute Gasteiger partial charge is 0.330 e. The molecule has 0 amide bonds. The summed E-state index contributed by atoms with van der Waals surface area (Å²) in [5.41, 5.74) is 6.70. The van der Waals surface area contributed by atoms with E-state index in [9.17, 15) is 0 Å². The van der Waals surface area contributed by atoms with E-state index in [-0.39, 0.29) is 0 Å². The molecule has 0 atom stereocenters. The van der Waals surface area contributed by atoms with Gasteiger partial charge in [0.15, 0.2) is 0 Å². The number of hydrogen-bond donors (Lipinski definition) is 1. The minimum Gasteiger partial charge on any atom is -0.330 e. The normalized spacial score (nSPS) is 10.9. The van der Waals surface area contributed by atoms with E-state index in [1.807, 2.05) is 0 Å². The molecule has 0 bridgehead atoms. The lowest BCUT2D eigenvalue weighted by atomic mass is 10.2. The van der Waals surface area contributed by atoms with Crippen molar-refractivity contribution in [1.29, 1.82) is 0 Å². The van der Waals surface area contributed by atoms with Crippen molar-refractivity contribution in [2.45, 2.75) is 39.5 Å². The molecule has 0 saturated carbocycles. The first-order valence-electron chi connectivity index (χ1n) is 5.77. The zero-order valence-corrected chi connectivity index (χ0v) is 9.89. The highest BCUT2D eigenvalue weighted by atomic mass is 15.1. The minimum atomic E-state index is 0.837. The SMILES string of the molecule is C=C(C)CN(CC)CCCCCCN. The number of hydrogen-bond acceptors (Lipinski definition) is 2. The van der Waals surface area contributed by atoms with Crippen LogP contribution in [0.1, 0.15) is 39.5 Å². The lowest BCUT2D eigenvalue weighted by Gasteiger charge is -2.20. The van der Waals surface area contributed by atoms with Crippen molar-refractivity contribution in [2.75, 3.05) is 26.2 Å². The van der Waals surface area contributed by atoms with Crippen LogP contribution in [0.2, 0.25) is 0 Å². The number of nitrogens with zero attached hydrogens (tertiary/aromatic N) is 1. The Morgan fingerprint density at radius 1 is 1.21 bits per heavy atom. The molecule has 0 aliphatic carbocycles. The van der Waals surface area contributed by atoms with Crippen LogP contribution in [0, 0.1) is 0 Å². The Morgan fingerprint density at radius 2 is 1.86 bits per heavy atom. The van der Waals surface area contributed by atoms with Gasteiger partial charge in [0.2, 0.25) is 0 Å². The third kappa shape index (κ3) is 8.27. The van der Waals surface area contributed by atoms with Crippen LogP contribution in [0.15, 0.2) is 12.2 Å². The van der Waals surface area contributed by atoms with Gasteiger partial charge < -0.3 is 5.73 Å². The minimum absolute atomic E-state index is 0.837. The van der Waals surface area contributed by atoms with Gasteiger partial charge in [0.05, 0.1) is 0 Å². The molecule has 0 heterocycles. The summed E-state index contributed by atoms with van der Waals surface area (Å²) < 4.78 is 0. The van der Waals surface area contributed by atoms with Crippen molar-refractivity contribution in [3.05, 3.63) is 12.2 Å². The maximum Gasteiger partial charge on any atom is 0.0187 e. The first-order chi connectivity index (χ1) is 6.70. The van der Waals surface area contributed by atoms with E-state index in [4.69, 9.17) is 5.73 Å². The second kappa shape index (κ2) is 9.22. The summed E-state index contributed by atoms with van der Waals surface area (Å²) in [7, 11) is 0. The molecular weight excluding hydrogens is 172 g/mol. The summed E-state index contributed by atoms with van der Waals surface area (Å²) in [6.07, 6.45) is 5.05. The maximum atomic E-state index is 5.44. The van der Waals surface area contributed by atoms with Crippen molar-refractivity contribution >= 4 is 0 Å². The van der Waals surface area contributed by atoms with Crippen LogP contribution in [0.3, 0.4) is 0 Å². The van der Waals surface area contributed by atoms with Crippen LogP contribution in [0.25, 0.3) is 0 Å². The van der Waals surface area contributed by atoms with E-state index < -0.39 is 0 Å². The predicted molar refractivity (Wildman–Crippen MR) is 64.5 cm³/mol. The second-order valence-corrected chi connectivity index (χ2v) is 4.03. The Morgan fingerprint density at radius 3 is 2.36 bits per heavy atom. The van der Waals surface area contributed by atoms with Gasteiger partial charge >= 0.3 is 0 Å². The zero-order valence-electron chi connectivity index (χ0n) is 9.89. The molecule has 0 rings (SSSR count). The summed E-state index contributed by atoms with van der Waals surface area (Å²) in [4.78, 5) is 2.45. The number of rotatable bonds is 9. The van der Waals surface area contributed by atoms with Crippen LogP contribution >= 0.6 is 0 Å². The molecule has 0 unspecified atom stereocenters. The summed E-state index contributed by atoms with van der Waals surface area (Å²) in [5.74, 6) is 0. The van der Waals surface area contributed by atoms with Crippen LogP contribution in [-0.2, 0) is 0 Å². The van der Waals surface area contributed by atoms with Gasteiger partial charge in [-0.2, -0.15) is 0 Å². The monoisotopic (exact) mass is 198 g/mol. The molecule has 0 aromatic carbocycles. The summed E-state index contributed by atoms with van der Waals surface area (Å²) in [6, 6.07) is 0. The summed E-state index contributed by atoms with van der Waals surface area (Å²) in [5, 5.41) is 0. The van der Waals surface area contributed by atoms with Gasteiger partial charge in [0.1, 0.15) is 0 Å². The van der Waals surface area contributed by atoms with Gasteiger partial charge in [0.25, 0.3) is 0 Å². The van der Waals surface area contributed by atoms with Crippen molar-refractivity contribution < 1.29 is 0 Å². The third-order valence-corrected chi connectivity index (χ3v) is 2.37.